The van der Waals surface area contributed by atoms with E-state index in [0.29, 0.717) is 9.13 Å². The SMILES string of the molecule is Cc1cc(S(=O)(=O)c2ccccc2)c(I)cc1S(=O)(=O)c1ccccc1. The smallest absolute Gasteiger partial charge is 0.207 e. The van der Waals surface area contributed by atoms with E-state index in [1.165, 1.54) is 36.4 Å². The van der Waals surface area contributed by atoms with Gasteiger partial charge in [-0.25, -0.2) is 16.8 Å². The molecule has 7 heteroatoms. The van der Waals surface area contributed by atoms with Gasteiger partial charge in [-0.3, -0.25) is 0 Å². The minimum absolute atomic E-state index is 0.105. The lowest BCUT2D eigenvalue weighted by atomic mass is 10.2. The molecule has 0 aliphatic rings. The summed E-state index contributed by atoms with van der Waals surface area (Å²) in [7, 11) is -7.44. The first-order valence-electron chi connectivity index (χ1n) is 7.65. The van der Waals surface area contributed by atoms with Crippen molar-refractivity contribution >= 4 is 42.3 Å². The van der Waals surface area contributed by atoms with Crippen LogP contribution in [0.2, 0.25) is 0 Å². The quantitative estimate of drug-likeness (QED) is 0.504. The van der Waals surface area contributed by atoms with Crippen LogP contribution in [0.5, 0.6) is 0 Å². The third kappa shape index (κ3) is 3.43. The van der Waals surface area contributed by atoms with E-state index in [4.69, 9.17) is 0 Å². The van der Waals surface area contributed by atoms with Gasteiger partial charge in [-0.15, -0.1) is 0 Å². The molecule has 0 atom stereocenters. The van der Waals surface area contributed by atoms with Crippen LogP contribution in [-0.2, 0) is 19.7 Å². The lowest BCUT2D eigenvalue weighted by Crippen LogP contribution is -2.09. The summed E-state index contributed by atoms with van der Waals surface area (Å²) < 4.78 is 51.9. The summed E-state index contributed by atoms with van der Waals surface area (Å²) in [4.78, 5) is 0.572. The van der Waals surface area contributed by atoms with Crippen molar-refractivity contribution in [2.45, 2.75) is 26.5 Å². The zero-order chi connectivity index (χ0) is 18.9. The van der Waals surface area contributed by atoms with Crippen molar-refractivity contribution in [1.82, 2.24) is 0 Å². The topological polar surface area (TPSA) is 68.3 Å². The molecule has 0 spiro atoms. The maximum Gasteiger partial charge on any atom is 0.207 e. The minimum Gasteiger partial charge on any atom is -0.219 e. The average molecular weight is 498 g/mol. The summed E-state index contributed by atoms with van der Waals surface area (Å²) in [6.45, 7) is 1.61. The standard InChI is InChI=1S/C19H15IO4S2/c1-14-12-19(26(23,24)16-10-6-3-7-11-16)17(20)13-18(14)25(21,22)15-8-4-2-5-9-15/h2-13H,1H3. The number of rotatable bonds is 4. The number of benzene rings is 3. The van der Waals surface area contributed by atoms with Crippen LogP contribution in [0.3, 0.4) is 0 Å². The maximum absolute atomic E-state index is 12.9. The Balaban J connectivity index is 2.17. The number of sulfone groups is 2. The fourth-order valence-corrected chi connectivity index (χ4v) is 7.08. The predicted octanol–water partition coefficient (Wildman–Crippen LogP) is 4.27. The minimum atomic E-state index is -3.72. The van der Waals surface area contributed by atoms with Crippen LogP contribution in [0.1, 0.15) is 5.56 Å². The lowest BCUT2D eigenvalue weighted by Gasteiger charge is -2.13. The van der Waals surface area contributed by atoms with E-state index in [1.54, 1.807) is 43.3 Å². The normalized spacial score (nSPS) is 12.1. The van der Waals surface area contributed by atoms with Gasteiger partial charge in [-0.1, -0.05) is 36.4 Å². The molecule has 0 aromatic heterocycles. The van der Waals surface area contributed by atoms with Crippen LogP contribution in [0.25, 0.3) is 0 Å². The molecule has 4 nitrogen and oxygen atoms in total. The van der Waals surface area contributed by atoms with Gasteiger partial charge < -0.3 is 0 Å². The Labute approximate surface area is 166 Å². The number of hydrogen-bond donors (Lipinski definition) is 0. The van der Waals surface area contributed by atoms with Crippen molar-refractivity contribution in [3.63, 3.8) is 0 Å². The highest BCUT2D eigenvalue weighted by Crippen LogP contribution is 2.32. The predicted molar refractivity (Wildman–Crippen MR) is 108 cm³/mol. The first-order chi connectivity index (χ1) is 12.2. The van der Waals surface area contributed by atoms with Gasteiger partial charge in [0.25, 0.3) is 0 Å². The summed E-state index contributed by atoms with van der Waals surface area (Å²) in [5.74, 6) is 0. The van der Waals surface area contributed by atoms with Crippen molar-refractivity contribution < 1.29 is 16.8 Å². The molecule has 3 aromatic rings. The Bertz CT molecular complexity index is 1060. The second kappa shape index (κ2) is 7.13. The van der Waals surface area contributed by atoms with Gasteiger partial charge in [-0.05, 0) is 71.5 Å². The molecule has 3 aromatic carbocycles. The Hall–Kier alpha value is -1.71. The molecule has 0 aliphatic carbocycles. The van der Waals surface area contributed by atoms with Crippen LogP contribution >= 0.6 is 22.6 Å². The highest BCUT2D eigenvalue weighted by Gasteiger charge is 2.26. The molecule has 0 aliphatic heterocycles. The first-order valence-corrected chi connectivity index (χ1v) is 11.7. The number of halogens is 1. The van der Waals surface area contributed by atoms with Crippen molar-refractivity contribution in [2.75, 3.05) is 0 Å². The third-order valence-corrected chi connectivity index (χ3v) is 8.90. The molecule has 0 saturated carbocycles. The third-order valence-electron chi connectivity index (χ3n) is 3.92. The van der Waals surface area contributed by atoms with E-state index in [0.717, 1.165) is 0 Å². The second-order valence-corrected chi connectivity index (χ2v) is 10.7. The lowest BCUT2D eigenvalue weighted by molar-refractivity contribution is 0.591. The van der Waals surface area contributed by atoms with Crippen LogP contribution in [0, 0.1) is 10.5 Å². The number of hydrogen-bond acceptors (Lipinski definition) is 4. The molecule has 3 rings (SSSR count). The van der Waals surface area contributed by atoms with Gasteiger partial charge >= 0.3 is 0 Å². The van der Waals surface area contributed by atoms with Crippen molar-refractivity contribution in [3.8, 4) is 0 Å². The highest BCUT2D eigenvalue weighted by molar-refractivity contribution is 14.1. The van der Waals surface area contributed by atoms with Crippen LogP contribution < -0.4 is 0 Å². The van der Waals surface area contributed by atoms with Crippen molar-refractivity contribution in [1.29, 1.82) is 0 Å². The van der Waals surface area contributed by atoms with Crippen LogP contribution in [-0.4, -0.2) is 16.8 Å². The van der Waals surface area contributed by atoms with E-state index < -0.39 is 19.7 Å². The summed E-state index contributed by atoms with van der Waals surface area (Å²) in [5, 5.41) is 0. The monoisotopic (exact) mass is 498 g/mol. The molecule has 0 fully saturated rings. The van der Waals surface area contributed by atoms with E-state index in [-0.39, 0.29) is 19.6 Å². The molecule has 0 heterocycles. The molecule has 0 radical (unpaired) electrons. The Morgan fingerprint density at radius 1 is 0.654 bits per heavy atom. The Morgan fingerprint density at radius 3 is 1.54 bits per heavy atom. The fourth-order valence-electron chi connectivity index (χ4n) is 2.59. The molecule has 0 bridgehead atoms. The van der Waals surface area contributed by atoms with Crippen LogP contribution in [0.4, 0.5) is 0 Å². The zero-order valence-corrected chi connectivity index (χ0v) is 17.5. The van der Waals surface area contributed by atoms with Gasteiger partial charge in [0.05, 0.1) is 19.6 Å². The second-order valence-electron chi connectivity index (χ2n) is 5.68. The number of aryl methyl sites for hydroxylation is 1. The molecule has 0 saturated heterocycles. The summed E-state index contributed by atoms with van der Waals surface area (Å²) >= 11 is 1.87. The van der Waals surface area contributed by atoms with Gasteiger partial charge in [-0.2, -0.15) is 0 Å². The molecule has 0 amide bonds. The molecular formula is C19H15IO4S2. The Kier molecular flexibility index (Phi) is 5.23. The first kappa shape index (κ1) is 19.1. The van der Waals surface area contributed by atoms with E-state index in [2.05, 4.69) is 0 Å². The maximum atomic E-state index is 12.9. The molecule has 26 heavy (non-hydrogen) atoms. The summed E-state index contributed by atoms with van der Waals surface area (Å²) in [5.41, 5.74) is 0.392. The fraction of sp³-hybridized carbons (Fsp3) is 0.0526. The molecule has 0 N–H and O–H groups in total. The zero-order valence-electron chi connectivity index (χ0n) is 13.8. The van der Waals surface area contributed by atoms with Crippen LogP contribution in [0.15, 0.2) is 92.4 Å². The van der Waals surface area contributed by atoms with Gasteiger partial charge in [0.1, 0.15) is 0 Å². The molecule has 0 unspecified atom stereocenters. The van der Waals surface area contributed by atoms with Crippen molar-refractivity contribution in [2.24, 2.45) is 0 Å². The largest absolute Gasteiger partial charge is 0.219 e. The summed E-state index contributed by atoms with van der Waals surface area (Å²) in [6, 6.07) is 19.0. The van der Waals surface area contributed by atoms with Crippen molar-refractivity contribution in [3.05, 3.63) is 81.9 Å². The Morgan fingerprint density at radius 2 is 1.08 bits per heavy atom. The molecule has 134 valence electrons. The van der Waals surface area contributed by atoms with Gasteiger partial charge in [0.2, 0.25) is 19.7 Å². The molecular weight excluding hydrogens is 483 g/mol. The van der Waals surface area contributed by atoms with E-state index in [1.807, 2.05) is 22.6 Å². The summed E-state index contributed by atoms with van der Waals surface area (Å²) in [6.07, 6.45) is 0. The highest BCUT2D eigenvalue weighted by atomic mass is 127. The van der Waals surface area contributed by atoms with E-state index in [9.17, 15) is 16.8 Å². The van der Waals surface area contributed by atoms with Gasteiger partial charge in [0.15, 0.2) is 0 Å². The van der Waals surface area contributed by atoms with Gasteiger partial charge in [0, 0.05) is 3.57 Å². The van der Waals surface area contributed by atoms with E-state index >= 15 is 0 Å². The average Bonchev–Trinajstić information content (AvgIpc) is 2.64.